The number of carbonyl (C=O) groups excluding carboxylic acids is 1. The number of nitrogens with zero attached hydrogens (tertiary/aromatic N) is 2. The van der Waals surface area contributed by atoms with E-state index in [1.165, 1.54) is 18.7 Å². The largest absolute Gasteiger partial charge is 0.463 e. The minimum atomic E-state index is -1.10. The van der Waals surface area contributed by atoms with Crippen LogP contribution in [-0.4, -0.2) is 119 Å². The summed E-state index contributed by atoms with van der Waals surface area (Å²) in [5.41, 5.74) is -0.322. The molecule has 0 spiro atoms. The standard InChI is InChI=1S/C13H21NO4S.C9H15NO5S/c1-7-8(2)12-13(19-11(14-12)6-16-4)18-10(7)5-17-9(3)15;1-14-3-5-10-6-8(13)7(12)4(2-11)15-9(6)16-5/h7-8,10,12-13H,5-6H2,1-4H3;4,6-9,11-13H,2-3H2,1H3/t7-,8-,10+,12+,13+;4-,6-,7-,8-,9-/m01/s1. The minimum Gasteiger partial charge on any atom is -0.463 e. The fourth-order valence-corrected chi connectivity index (χ4v) is 6.77. The van der Waals surface area contributed by atoms with Crippen LogP contribution in [0.1, 0.15) is 20.8 Å². The Hall–Kier alpha value is -0.770. The van der Waals surface area contributed by atoms with Crippen LogP contribution in [0.3, 0.4) is 0 Å². The van der Waals surface area contributed by atoms with Crippen molar-refractivity contribution in [3.63, 3.8) is 0 Å². The smallest absolute Gasteiger partial charge is 0.302 e. The normalized spacial score (nSPS) is 40.1. The maximum absolute atomic E-state index is 10.9. The summed E-state index contributed by atoms with van der Waals surface area (Å²) in [6, 6.07) is -0.299. The van der Waals surface area contributed by atoms with E-state index in [2.05, 4.69) is 23.8 Å². The molecule has 0 unspecified atom stereocenters. The summed E-state index contributed by atoms with van der Waals surface area (Å²) in [5, 5.41) is 30.2. The number of aliphatic imine (C=N–C) groups is 2. The molecule has 11 nitrogen and oxygen atoms in total. The number of hydrogen-bond acceptors (Lipinski definition) is 13. The van der Waals surface area contributed by atoms with Gasteiger partial charge in [-0.1, -0.05) is 37.4 Å². The quantitative estimate of drug-likeness (QED) is 0.386. The van der Waals surface area contributed by atoms with Crippen LogP contribution in [0.25, 0.3) is 0 Å². The Morgan fingerprint density at radius 1 is 0.914 bits per heavy atom. The molecule has 4 aliphatic rings. The molecule has 2 saturated heterocycles. The zero-order chi connectivity index (χ0) is 25.7. The Kier molecular flexibility index (Phi) is 10.8. The molecule has 4 aliphatic heterocycles. The van der Waals surface area contributed by atoms with Gasteiger partial charge in [-0.2, -0.15) is 0 Å². The highest BCUT2D eigenvalue weighted by Crippen LogP contribution is 2.42. The second kappa shape index (κ2) is 13.2. The van der Waals surface area contributed by atoms with Gasteiger partial charge in [0, 0.05) is 21.1 Å². The SMILES string of the molecule is COCC1=N[C@@H]2[C@@H](C)[C@H](C)[C@@H](COC(C)=O)O[C@@H]2S1.COCC1=N[C@@H]2[C@@H](O)[C@H](O)[C@@H](CO)O[C@@H]2S1. The van der Waals surface area contributed by atoms with Gasteiger partial charge in [-0.25, -0.2) is 0 Å². The van der Waals surface area contributed by atoms with E-state index in [1.54, 1.807) is 26.0 Å². The van der Waals surface area contributed by atoms with Gasteiger partial charge in [-0.3, -0.25) is 14.8 Å². The van der Waals surface area contributed by atoms with E-state index < -0.39 is 24.4 Å². The lowest BCUT2D eigenvalue weighted by atomic mass is 9.83. The molecule has 35 heavy (non-hydrogen) atoms. The summed E-state index contributed by atoms with van der Waals surface area (Å²) < 4.78 is 26.6. The molecule has 4 heterocycles. The summed E-state index contributed by atoms with van der Waals surface area (Å²) in [5.74, 6) is 0.453. The highest BCUT2D eigenvalue weighted by atomic mass is 32.2. The third kappa shape index (κ3) is 6.96. The molecule has 0 radical (unpaired) electrons. The molecule has 3 N–H and O–H groups in total. The summed E-state index contributed by atoms with van der Waals surface area (Å²) in [4.78, 5) is 19.8. The number of aliphatic hydroxyl groups excluding tert-OH is 3. The van der Waals surface area contributed by atoms with Crippen LogP contribution in [-0.2, 0) is 28.5 Å². The molecule has 0 aromatic carbocycles. The summed E-state index contributed by atoms with van der Waals surface area (Å²) in [6.07, 6.45) is -2.90. The van der Waals surface area contributed by atoms with Crippen molar-refractivity contribution in [3.8, 4) is 0 Å². The molecule has 10 atom stereocenters. The number of rotatable bonds is 7. The average molecular weight is 537 g/mol. The molecule has 2 fully saturated rings. The summed E-state index contributed by atoms with van der Waals surface area (Å²) >= 11 is 2.99. The molecule has 0 aliphatic carbocycles. The highest BCUT2D eigenvalue weighted by molar-refractivity contribution is 8.15. The molecule has 0 aromatic rings. The number of thioether (sulfide) groups is 2. The second-order valence-corrected chi connectivity index (χ2v) is 11.2. The third-order valence-corrected chi connectivity index (χ3v) is 8.70. The first-order valence-electron chi connectivity index (χ1n) is 11.6. The van der Waals surface area contributed by atoms with Crippen molar-refractivity contribution in [2.24, 2.45) is 21.8 Å². The maximum atomic E-state index is 10.9. The number of fused-ring (bicyclic) bond motifs is 2. The van der Waals surface area contributed by atoms with Crippen molar-refractivity contribution in [2.45, 2.75) is 68.1 Å². The van der Waals surface area contributed by atoms with Crippen LogP contribution in [0.4, 0.5) is 0 Å². The summed E-state index contributed by atoms with van der Waals surface area (Å²) in [7, 11) is 3.23. The van der Waals surface area contributed by atoms with Crippen LogP contribution in [0.15, 0.2) is 9.98 Å². The van der Waals surface area contributed by atoms with Crippen molar-refractivity contribution < 1.29 is 43.8 Å². The Labute approximate surface area is 214 Å². The summed E-state index contributed by atoms with van der Waals surface area (Å²) in [6.45, 7) is 6.65. The minimum absolute atomic E-state index is 0.0249. The predicted molar refractivity (Wildman–Crippen MR) is 133 cm³/mol. The number of hydrogen-bond donors (Lipinski definition) is 3. The van der Waals surface area contributed by atoms with Crippen molar-refractivity contribution >= 4 is 39.6 Å². The Balaban J connectivity index is 0.000000198. The molecule has 200 valence electrons. The maximum Gasteiger partial charge on any atom is 0.302 e. The lowest BCUT2D eigenvalue weighted by molar-refractivity contribution is -0.164. The van der Waals surface area contributed by atoms with E-state index in [4.69, 9.17) is 28.8 Å². The van der Waals surface area contributed by atoms with Crippen LogP contribution in [0.5, 0.6) is 0 Å². The number of aliphatic hydroxyl groups is 3. The van der Waals surface area contributed by atoms with Crippen molar-refractivity contribution in [2.75, 3.05) is 40.6 Å². The zero-order valence-electron chi connectivity index (χ0n) is 20.6. The van der Waals surface area contributed by atoms with Gasteiger partial charge in [-0.15, -0.1) is 0 Å². The average Bonchev–Trinajstić information content (AvgIpc) is 3.42. The van der Waals surface area contributed by atoms with Gasteiger partial charge in [0.05, 0.1) is 42.1 Å². The molecule has 0 amide bonds. The third-order valence-electron chi connectivity index (χ3n) is 6.47. The van der Waals surface area contributed by atoms with Crippen molar-refractivity contribution in [1.29, 1.82) is 0 Å². The zero-order valence-corrected chi connectivity index (χ0v) is 22.2. The Morgan fingerprint density at radius 2 is 1.46 bits per heavy atom. The first kappa shape index (κ1) is 28.8. The molecule has 0 saturated carbocycles. The number of carbonyl (C=O) groups is 1. The monoisotopic (exact) mass is 536 g/mol. The highest BCUT2D eigenvalue weighted by Gasteiger charge is 2.48. The van der Waals surface area contributed by atoms with Gasteiger partial charge in [0.1, 0.15) is 41.8 Å². The van der Waals surface area contributed by atoms with Gasteiger partial charge in [0.25, 0.3) is 0 Å². The van der Waals surface area contributed by atoms with E-state index in [0.717, 1.165) is 10.1 Å². The first-order valence-corrected chi connectivity index (χ1v) is 13.3. The van der Waals surface area contributed by atoms with E-state index in [-0.39, 0.29) is 35.6 Å². The topological polar surface area (TPSA) is 149 Å². The molecule has 13 heteroatoms. The Bertz CT molecular complexity index is 786. The van der Waals surface area contributed by atoms with Gasteiger partial charge in [0.2, 0.25) is 0 Å². The van der Waals surface area contributed by atoms with Crippen LogP contribution >= 0.6 is 23.5 Å². The number of ether oxygens (including phenoxy) is 5. The number of esters is 1. The fraction of sp³-hybridized carbons (Fsp3) is 0.864. The predicted octanol–water partition coefficient (Wildman–Crippen LogP) is 0.293. The lowest BCUT2D eigenvalue weighted by Crippen LogP contribution is -2.55. The molecular weight excluding hydrogens is 500 g/mol. The van der Waals surface area contributed by atoms with E-state index in [0.29, 0.717) is 31.7 Å². The first-order chi connectivity index (χ1) is 16.7. The van der Waals surface area contributed by atoms with E-state index in [1.807, 2.05) is 0 Å². The molecular formula is C22H36N2O9S2. The van der Waals surface area contributed by atoms with Crippen molar-refractivity contribution in [1.82, 2.24) is 0 Å². The molecule has 0 bridgehead atoms. The van der Waals surface area contributed by atoms with Crippen LogP contribution in [0.2, 0.25) is 0 Å². The van der Waals surface area contributed by atoms with E-state index >= 15 is 0 Å². The Morgan fingerprint density at radius 3 is 2.00 bits per heavy atom. The fourth-order valence-electron chi connectivity index (χ4n) is 4.29. The van der Waals surface area contributed by atoms with Crippen LogP contribution < -0.4 is 0 Å². The van der Waals surface area contributed by atoms with Gasteiger partial charge >= 0.3 is 5.97 Å². The molecule has 4 rings (SSSR count). The second-order valence-electron chi connectivity index (χ2n) is 8.90. The molecule has 0 aromatic heterocycles. The van der Waals surface area contributed by atoms with Crippen LogP contribution in [0, 0.1) is 11.8 Å². The number of methoxy groups -OCH3 is 2. The van der Waals surface area contributed by atoms with Crippen molar-refractivity contribution in [3.05, 3.63) is 0 Å². The lowest BCUT2D eigenvalue weighted by Gasteiger charge is -2.40. The van der Waals surface area contributed by atoms with Gasteiger partial charge < -0.3 is 39.0 Å². The van der Waals surface area contributed by atoms with Gasteiger partial charge in [0.15, 0.2) is 0 Å². The van der Waals surface area contributed by atoms with E-state index in [9.17, 15) is 15.0 Å². The van der Waals surface area contributed by atoms with Gasteiger partial charge in [-0.05, 0) is 11.8 Å².